The van der Waals surface area contributed by atoms with Crippen molar-refractivity contribution in [1.29, 1.82) is 0 Å². The molecule has 0 aliphatic heterocycles. The molecule has 1 N–H and O–H groups in total. The van der Waals surface area contributed by atoms with Crippen LogP contribution in [0.5, 0.6) is 11.8 Å². The number of carboxylic acids is 1. The second kappa shape index (κ2) is 14.3. The fourth-order valence-corrected chi connectivity index (χ4v) is 3.42. The summed E-state index contributed by atoms with van der Waals surface area (Å²) >= 11 is 0. The number of esters is 1. The molecule has 0 saturated heterocycles. The number of carbonyl (C=O) groups is 2. The fourth-order valence-electron chi connectivity index (χ4n) is 3.42. The minimum absolute atomic E-state index is 0.0650. The van der Waals surface area contributed by atoms with E-state index in [4.69, 9.17) is 14.6 Å². The Balaban J connectivity index is 0.000000238. The zero-order chi connectivity index (χ0) is 31.7. The van der Waals surface area contributed by atoms with Crippen molar-refractivity contribution in [2.75, 3.05) is 35.4 Å². The summed E-state index contributed by atoms with van der Waals surface area (Å²) in [4.78, 5) is 47.9. The summed E-state index contributed by atoms with van der Waals surface area (Å²) in [6.45, 7) is 1.63. The maximum absolute atomic E-state index is 14.1. The van der Waals surface area contributed by atoms with Crippen LogP contribution in [0.2, 0.25) is 0 Å². The van der Waals surface area contributed by atoms with Crippen molar-refractivity contribution in [3.63, 3.8) is 0 Å². The van der Waals surface area contributed by atoms with Crippen LogP contribution in [0.4, 0.5) is 8.78 Å². The molecule has 4 aromatic rings. The number of aromatic nitrogens is 6. The number of pyridine rings is 2. The Kier molecular flexibility index (Phi) is 10.6. The standard InChI is InChI=1S/C15H15FN4O3.C13H12FN3O3/c1-20(2)5-4-11-14(18-8-12(19-11)15(21)22)9-6-13(23-3)17-7-10(9)16;1-7-12(16-6-10(17-7)13(18)20-3)8-4-11(19-2)15-5-9(8)14/h4-8H,1-3H3,(H,21,22);4-6H,1-3H3/b5-4+;. The Morgan fingerprint density at radius 1 is 0.814 bits per heavy atom. The molecular weight excluding hydrogens is 568 g/mol. The number of hydrogen-bond acceptors (Lipinski definition) is 12. The van der Waals surface area contributed by atoms with Crippen molar-refractivity contribution >= 4 is 18.0 Å². The summed E-state index contributed by atoms with van der Waals surface area (Å²) in [5.74, 6) is -2.49. The van der Waals surface area contributed by atoms with E-state index in [0.717, 1.165) is 18.6 Å². The highest BCUT2D eigenvalue weighted by atomic mass is 19.1. The van der Waals surface area contributed by atoms with E-state index in [1.807, 2.05) is 0 Å². The topological polar surface area (TPSA) is 163 Å². The molecule has 0 spiro atoms. The molecule has 4 heterocycles. The van der Waals surface area contributed by atoms with Gasteiger partial charge in [0, 0.05) is 43.6 Å². The van der Waals surface area contributed by atoms with Crippen LogP contribution in [0.25, 0.3) is 28.6 Å². The smallest absolute Gasteiger partial charge is 0.358 e. The van der Waals surface area contributed by atoms with Gasteiger partial charge in [0.25, 0.3) is 0 Å². The van der Waals surface area contributed by atoms with Gasteiger partial charge in [-0.3, -0.25) is 9.97 Å². The van der Waals surface area contributed by atoms with Crippen LogP contribution >= 0.6 is 0 Å². The highest BCUT2D eigenvalue weighted by molar-refractivity contribution is 5.87. The van der Waals surface area contributed by atoms with E-state index in [0.29, 0.717) is 11.4 Å². The number of aryl methyl sites for hydroxylation is 1. The van der Waals surface area contributed by atoms with E-state index < -0.39 is 23.6 Å². The molecule has 0 fully saturated rings. The molecule has 0 amide bonds. The third-order valence-electron chi connectivity index (χ3n) is 5.48. The predicted molar refractivity (Wildman–Crippen MR) is 149 cm³/mol. The average molecular weight is 596 g/mol. The number of ether oxygens (including phenoxy) is 3. The van der Waals surface area contributed by atoms with Gasteiger partial charge in [-0.15, -0.1) is 0 Å². The van der Waals surface area contributed by atoms with Crippen molar-refractivity contribution in [3.05, 3.63) is 77.5 Å². The van der Waals surface area contributed by atoms with Gasteiger partial charge in [-0.05, 0) is 13.0 Å². The number of methoxy groups -OCH3 is 3. The summed E-state index contributed by atoms with van der Waals surface area (Å²) in [5.41, 5.74) is 1.31. The lowest BCUT2D eigenvalue weighted by molar-refractivity contribution is 0.0592. The Morgan fingerprint density at radius 2 is 1.35 bits per heavy atom. The zero-order valence-electron chi connectivity index (χ0n) is 24.0. The molecule has 15 heteroatoms. The molecule has 4 aromatic heterocycles. The van der Waals surface area contributed by atoms with Crippen LogP contribution in [-0.4, -0.2) is 87.3 Å². The fraction of sp³-hybridized carbons (Fsp3) is 0.214. The predicted octanol–water partition coefficient (Wildman–Crippen LogP) is 3.70. The van der Waals surface area contributed by atoms with Crippen LogP contribution in [-0.2, 0) is 4.74 Å². The summed E-state index contributed by atoms with van der Waals surface area (Å²) in [5, 5.41) is 9.04. The second-order valence-electron chi connectivity index (χ2n) is 8.67. The van der Waals surface area contributed by atoms with E-state index in [2.05, 4.69) is 34.6 Å². The first-order valence-corrected chi connectivity index (χ1v) is 12.3. The van der Waals surface area contributed by atoms with E-state index >= 15 is 0 Å². The second-order valence-corrected chi connectivity index (χ2v) is 8.67. The van der Waals surface area contributed by atoms with E-state index in [1.54, 1.807) is 38.2 Å². The van der Waals surface area contributed by atoms with Crippen LogP contribution in [0.1, 0.15) is 32.4 Å². The van der Waals surface area contributed by atoms with Gasteiger partial charge in [0.1, 0.15) is 0 Å². The van der Waals surface area contributed by atoms with Crippen molar-refractivity contribution in [2.45, 2.75) is 6.92 Å². The molecule has 0 saturated carbocycles. The van der Waals surface area contributed by atoms with Crippen LogP contribution in [0, 0.1) is 18.6 Å². The minimum Gasteiger partial charge on any atom is -0.481 e. The van der Waals surface area contributed by atoms with Crippen molar-refractivity contribution < 1.29 is 37.7 Å². The molecular formula is C28H27F2N7O6. The summed E-state index contributed by atoms with van der Waals surface area (Å²) in [6, 6.07) is 2.80. The first-order chi connectivity index (χ1) is 20.5. The molecule has 224 valence electrons. The monoisotopic (exact) mass is 595 g/mol. The van der Waals surface area contributed by atoms with E-state index in [1.165, 1.54) is 39.7 Å². The van der Waals surface area contributed by atoms with Gasteiger partial charge in [0.2, 0.25) is 11.8 Å². The number of halogens is 2. The summed E-state index contributed by atoms with van der Waals surface area (Å²) < 4.78 is 42.4. The number of aromatic carboxylic acids is 1. The molecule has 0 radical (unpaired) electrons. The largest absolute Gasteiger partial charge is 0.481 e. The van der Waals surface area contributed by atoms with Crippen LogP contribution in [0.3, 0.4) is 0 Å². The van der Waals surface area contributed by atoms with E-state index in [9.17, 15) is 18.4 Å². The quantitative estimate of drug-likeness (QED) is 0.294. The maximum atomic E-state index is 14.1. The van der Waals surface area contributed by atoms with Gasteiger partial charge in [0.05, 0.1) is 68.9 Å². The number of carboxylic acid groups (broad SMARTS) is 1. The Bertz CT molecular complexity index is 1670. The summed E-state index contributed by atoms with van der Waals surface area (Å²) in [6.07, 6.45) is 7.60. The third kappa shape index (κ3) is 8.00. The Hall–Kier alpha value is -5.60. The van der Waals surface area contributed by atoms with Crippen molar-refractivity contribution in [3.8, 4) is 34.3 Å². The Labute approximate surface area is 244 Å². The maximum Gasteiger partial charge on any atom is 0.358 e. The molecule has 0 aromatic carbocycles. The zero-order valence-corrected chi connectivity index (χ0v) is 24.0. The molecule has 0 aliphatic carbocycles. The van der Waals surface area contributed by atoms with Gasteiger partial charge < -0.3 is 24.2 Å². The molecule has 0 atom stereocenters. The van der Waals surface area contributed by atoms with Gasteiger partial charge in [-0.2, -0.15) is 0 Å². The minimum atomic E-state index is -1.21. The molecule has 0 aliphatic rings. The van der Waals surface area contributed by atoms with Gasteiger partial charge in [-0.25, -0.2) is 38.3 Å². The third-order valence-corrected chi connectivity index (χ3v) is 5.48. The molecule has 0 bridgehead atoms. The molecule has 43 heavy (non-hydrogen) atoms. The lowest BCUT2D eigenvalue weighted by Crippen LogP contribution is -2.07. The number of hydrogen-bond donors (Lipinski definition) is 1. The van der Waals surface area contributed by atoms with Gasteiger partial charge in [0.15, 0.2) is 23.0 Å². The molecule has 4 rings (SSSR count). The lowest BCUT2D eigenvalue weighted by Gasteiger charge is -2.09. The summed E-state index contributed by atoms with van der Waals surface area (Å²) in [7, 11) is 7.68. The molecule has 0 unspecified atom stereocenters. The number of rotatable bonds is 8. The van der Waals surface area contributed by atoms with Crippen molar-refractivity contribution in [2.24, 2.45) is 0 Å². The van der Waals surface area contributed by atoms with Gasteiger partial charge in [-0.1, -0.05) is 0 Å². The van der Waals surface area contributed by atoms with Crippen LogP contribution in [0.15, 0.2) is 43.1 Å². The van der Waals surface area contributed by atoms with Crippen molar-refractivity contribution in [1.82, 2.24) is 34.8 Å². The first kappa shape index (κ1) is 31.9. The van der Waals surface area contributed by atoms with E-state index in [-0.39, 0.29) is 45.7 Å². The SMILES string of the molecule is COC(=O)c1cnc(-c2cc(OC)ncc2F)c(C)n1.COc1cc(-c2ncc(C(=O)O)nc2/C=C/N(C)C)c(F)cn1. The first-order valence-electron chi connectivity index (χ1n) is 12.3. The highest BCUT2D eigenvalue weighted by Gasteiger charge is 2.17. The molecule has 13 nitrogen and oxygen atoms in total. The number of nitrogens with zero attached hydrogens (tertiary/aromatic N) is 7. The number of carbonyl (C=O) groups excluding carboxylic acids is 1. The normalized spacial score (nSPS) is 10.5. The lowest BCUT2D eigenvalue weighted by atomic mass is 10.1. The Morgan fingerprint density at radius 3 is 1.84 bits per heavy atom. The average Bonchev–Trinajstić information content (AvgIpc) is 3.00. The van der Waals surface area contributed by atoms with Crippen LogP contribution < -0.4 is 9.47 Å². The highest BCUT2D eigenvalue weighted by Crippen LogP contribution is 2.27. The van der Waals surface area contributed by atoms with Gasteiger partial charge >= 0.3 is 11.9 Å².